The van der Waals surface area contributed by atoms with Crippen LogP contribution in [0.15, 0.2) is 0 Å². The Morgan fingerprint density at radius 1 is 1.09 bits per heavy atom. The second-order valence-corrected chi connectivity index (χ2v) is 7.05. The zero-order valence-corrected chi connectivity index (χ0v) is 13.9. The van der Waals surface area contributed by atoms with Gasteiger partial charge in [-0.1, -0.05) is 12.8 Å². The quantitative estimate of drug-likeness (QED) is 0.822. The number of rotatable bonds is 3. The molecular formula is C16H28ClN3O2. The van der Waals surface area contributed by atoms with Crippen molar-refractivity contribution >= 4 is 24.2 Å². The van der Waals surface area contributed by atoms with Gasteiger partial charge >= 0.3 is 0 Å². The molecule has 2 heterocycles. The van der Waals surface area contributed by atoms with Crippen LogP contribution in [-0.4, -0.2) is 41.9 Å². The summed E-state index contributed by atoms with van der Waals surface area (Å²) in [5.74, 6) is 1.13. The molecule has 2 aliphatic heterocycles. The highest BCUT2D eigenvalue weighted by Gasteiger charge is 2.40. The fourth-order valence-corrected chi connectivity index (χ4v) is 4.37. The van der Waals surface area contributed by atoms with E-state index >= 15 is 0 Å². The van der Waals surface area contributed by atoms with Gasteiger partial charge in [0.25, 0.3) is 0 Å². The number of nitrogens with two attached hydrogens (primary N) is 1. The first kappa shape index (κ1) is 17.5. The van der Waals surface area contributed by atoms with Crippen molar-refractivity contribution in [1.82, 2.24) is 10.2 Å². The summed E-state index contributed by atoms with van der Waals surface area (Å²) >= 11 is 0. The Balaban J connectivity index is 0.00000176. The molecule has 126 valence electrons. The van der Waals surface area contributed by atoms with Crippen molar-refractivity contribution in [3.8, 4) is 0 Å². The average Bonchev–Trinajstić information content (AvgIpc) is 2.90. The summed E-state index contributed by atoms with van der Waals surface area (Å²) in [4.78, 5) is 25.6. The van der Waals surface area contributed by atoms with E-state index < -0.39 is 0 Å². The number of carbonyl (C=O) groups is 2. The Kier molecular flexibility index (Phi) is 6.09. The fraction of sp³-hybridized carbons (Fsp3) is 0.875. The van der Waals surface area contributed by atoms with Crippen molar-refractivity contribution in [3.63, 3.8) is 0 Å². The summed E-state index contributed by atoms with van der Waals surface area (Å²) in [6.07, 6.45) is 8.44. The van der Waals surface area contributed by atoms with Gasteiger partial charge in [0, 0.05) is 25.6 Å². The van der Waals surface area contributed by atoms with Crippen LogP contribution in [0.3, 0.4) is 0 Å². The molecule has 0 aromatic heterocycles. The number of hydrogen-bond donors (Lipinski definition) is 2. The predicted octanol–water partition coefficient (Wildman–Crippen LogP) is 1.44. The van der Waals surface area contributed by atoms with Gasteiger partial charge in [0.2, 0.25) is 11.8 Å². The minimum absolute atomic E-state index is 0. The van der Waals surface area contributed by atoms with Gasteiger partial charge in [-0.3, -0.25) is 9.59 Å². The van der Waals surface area contributed by atoms with Crippen molar-refractivity contribution in [2.45, 2.75) is 63.5 Å². The maximum atomic E-state index is 12.6. The van der Waals surface area contributed by atoms with E-state index in [1.54, 1.807) is 0 Å². The topological polar surface area (TPSA) is 75.4 Å². The maximum absolute atomic E-state index is 12.6. The third kappa shape index (κ3) is 3.93. The molecule has 22 heavy (non-hydrogen) atoms. The SMILES string of the molecule is Cl.NC(=O)CC1CCN(C(=O)C2CC3CCCCC3N2)CC1. The molecule has 3 rings (SSSR count). The van der Waals surface area contributed by atoms with Crippen LogP contribution in [0.5, 0.6) is 0 Å². The Morgan fingerprint density at radius 2 is 1.77 bits per heavy atom. The summed E-state index contributed by atoms with van der Waals surface area (Å²) in [6, 6.07) is 0.603. The number of likely N-dealkylation sites (tertiary alicyclic amines) is 1. The van der Waals surface area contributed by atoms with Crippen LogP contribution in [0, 0.1) is 11.8 Å². The van der Waals surface area contributed by atoms with Crippen molar-refractivity contribution in [2.24, 2.45) is 17.6 Å². The minimum atomic E-state index is -0.221. The third-order valence-corrected chi connectivity index (χ3v) is 5.58. The predicted molar refractivity (Wildman–Crippen MR) is 87.7 cm³/mol. The van der Waals surface area contributed by atoms with E-state index in [4.69, 9.17) is 5.73 Å². The number of nitrogens with zero attached hydrogens (tertiary/aromatic N) is 1. The van der Waals surface area contributed by atoms with E-state index in [2.05, 4.69) is 5.32 Å². The van der Waals surface area contributed by atoms with Crippen LogP contribution in [0.2, 0.25) is 0 Å². The molecular weight excluding hydrogens is 302 g/mol. The molecule has 3 unspecified atom stereocenters. The number of halogens is 1. The number of carbonyl (C=O) groups excluding carboxylic acids is 2. The number of primary amides is 1. The van der Waals surface area contributed by atoms with Crippen LogP contribution >= 0.6 is 12.4 Å². The molecule has 3 atom stereocenters. The smallest absolute Gasteiger partial charge is 0.239 e. The highest BCUT2D eigenvalue weighted by Crippen LogP contribution is 2.34. The van der Waals surface area contributed by atoms with Gasteiger partial charge in [-0.15, -0.1) is 12.4 Å². The number of piperidine rings is 1. The normalized spacial score (nSPS) is 32.2. The van der Waals surface area contributed by atoms with Gasteiger partial charge in [-0.05, 0) is 43.9 Å². The Bertz CT molecular complexity index is 396. The third-order valence-electron chi connectivity index (χ3n) is 5.58. The first-order valence-electron chi connectivity index (χ1n) is 8.46. The molecule has 5 nitrogen and oxygen atoms in total. The van der Waals surface area contributed by atoms with E-state index in [0.29, 0.717) is 24.3 Å². The van der Waals surface area contributed by atoms with Gasteiger partial charge in [-0.2, -0.15) is 0 Å². The lowest BCUT2D eigenvalue weighted by molar-refractivity contribution is -0.134. The summed E-state index contributed by atoms with van der Waals surface area (Å²) in [5, 5.41) is 3.57. The fourth-order valence-electron chi connectivity index (χ4n) is 4.37. The molecule has 0 bridgehead atoms. The first-order valence-corrected chi connectivity index (χ1v) is 8.46. The maximum Gasteiger partial charge on any atom is 0.239 e. The van der Waals surface area contributed by atoms with Crippen molar-refractivity contribution in [3.05, 3.63) is 0 Å². The molecule has 0 aromatic rings. The zero-order chi connectivity index (χ0) is 14.8. The molecule has 6 heteroatoms. The molecule has 2 amide bonds. The van der Waals surface area contributed by atoms with E-state index in [1.807, 2.05) is 4.90 Å². The van der Waals surface area contributed by atoms with Crippen LogP contribution in [-0.2, 0) is 9.59 Å². The summed E-state index contributed by atoms with van der Waals surface area (Å²) in [6.45, 7) is 1.56. The molecule has 2 saturated heterocycles. The average molecular weight is 330 g/mol. The lowest BCUT2D eigenvalue weighted by Gasteiger charge is -2.33. The minimum Gasteiger partial charge on any atom is -0.370 e. The molecule has 3 fully saturated rings. The summed E-state index contributed by atoms with van der Waals surface area (Å²) in [7, 11) is 0. The lowest BCUT2D eigenvalue weighted by atomic mass is 9.85. The molecule has 1 saturated carbocycles. The monoisotopic (exact) mass is 329 g/mol. The molecule has 1 aliphatic carbocycles. The highest BCUT2D eigenvalue weighted by atomic mass is 35.5. The van der Waals surface area contributed by atoms with Crippen molar-refractivity contribution in [2.75, 3.05) is 13.1 Å². The summed E-state index contributed by atoms with van der Waals surface area (Å²) < 4.78 is 0. The molecule has 0 aromatic carbocycles. The van der Waals surface area contributed by atoms with Crippen LogP contribution in [0.1, 0.15) is 51.4 Å². The van der Waals surface area contributed by atoms with E-state index in [9.17, 15) is 9.59 Å². The Labute approximate surface area is 138 Å². The van der Waals surface area contributed by atoms with Gasteiger partial charge in [0.05, 0.1) is 6.04 Å². The van der Waals surface area contributed by atoms with Crippen LogP contribution in [0.25, 0.3) is 0 Å². The molecule has 0 spiro atoms. The zero-order valence-electron chi connectivity index (χ0n) is 13.1. The standard InChI is InChI=1S/C16H27N3O2.ClH/c17-15(20)9-11-5-7-19(8-6-11)16(21)14-10-12-3-1-2-4-13(12)18-14;/h11-14,18H,1-10H2,(H2,17,20);1H. The molecule has 0 radical (unpaired) electrons. The number of hydrogen-bond acceptors (Lipinski definition) is 3. The van der Waals surface area contributed by atoms with E-state index in [0.717, 1.165) is 32.4 Å². The van der Waals surface area contributed by atoms with Gasteiger partial charge < -0.3 is 16.0 Å². The summed E-state index contributed by atoms with van der Waals surface area (Å²) in [5.41, 5.74) is 5.25. The second kappa shape index (κ2) is 7.64. The van der Waals surface area contributed by atoms with Crippen LogP contribution in [0.4, 0.5) is 0 Å². The second-order valence-electron chi connectivity index (χ2n) is 7.05. The largest absolute Gasteiger partial charge is 0.370 e. The lowest BCUT2D eigenvalue weighted by Crippen LogP contribution is -2.48. The highest BCUT2D eigenvalue weighted by molar-refractivity contribution is 5.85. The van der Waals surface area contributed by atoms with Gasteiger partial charge in [-0.25, -0.2) is 0 Å². The molecule has 3 N–H and O–H groups in total. The molecule has 3 aliphatic rings. The van der Waals surface area contributed by atoms with Crippen LogP contribution < -0.4 is 11.1 Å². The number of nitrogens with one attached hydrogen (secondary N) is 1. The van der Waals surface area contributed by atoms with Crippen molar-refractivity contribution in [1.29, 1.82) is 0 Å². The van der Waals surface area contributed by atoms with Gasteiger partial charge in [0.1, 0.15) is 0 Å². The number of amides is 2. The number of fused-ring (bicyclic) bond motifs is 1. The first-order chi connectivity index (χ1) is 10.1. The Morgan fingerprint density at radius 3 is 2.41 bits per heavy atom. The van der Waals surface area contributed by atoms with E-state index in [-0.39, 0.29) is 30.3 Å². The van der Waals surface area contributed by atoms with E-state index in [1.165, 1.54) is 25.7 Å². The van der Waals surface area contributed by atoms with Crippen molar-refractivity contribution < 1.29 is 9.59 Å². The Hall–Kier alpha value is -0.810. The van der Waals surface area contributed by atoms with Gasteiger partial charge in [0.15, 0.2) is 0 Å².